The van der Waals surface area contributed by atoms with Crippen molar-refractivity contribution in [1.29, 1.82) is 0 Å². The van der Waals surface area contributed by atoms with Gasteiger partial charge in [-0.2, -0.15) is 0 Å². The summed E-state index contributed by atoms with van der Waals surface area (Å²) < 4.78 is 23.3. The van der Waals surface area contributed by atoms with Gasteiger partial charge in [-0.1, -0.05) is 18.0 Å². The number of benzene rings is 2. The standard InChI is InChI=1S/C22H17ClFN3O3S/c23-12-2-3-18(16(24)8-12)31-27-13-9-15-20(26-21(29)22(15)5-1-6-22)17(10-13)30-14-4-7-25-19(28)11-14/h2-4,7-11,27H,1,5-6H2,(H,25,28)(H,26,29). The third-order valence-electron chi connectivity index (χ3n) is 5.65. The lowest BCUT2D eigenvalue weighted by Gasteiger charge is -2.36. The van der Waals surface area contributed by atoms with Crippen molar-refractivity contribution in [3.05, 3.63) is 75.4 Å². The van der Waals surface area contributed by atoms with Gasteiger partial charge in [-0.15, -0.1) is 0 Å². The molecule has 1 saturated carbocycles. The van der Waals surface area contributed by atoms with Gasteiger partial charge in [-0.3, -0.25) is 9.59 Å². The van der Waals surface area contributed by atoms with Crippen molar-refractivity contribution in [3.8, 4) is 11.5 Å². The molecule has 0 bridgehead atoms. The number of halogens is 2. The average Bonchev–Trinajstić information content (AvgIpc) is 3.00. The molecule has 9 heteroatoms. The Morgan fingerprint density at radius 1 is 1.13 bits per heavy atom. The molecule has 6 nitrogen and oxygen atoms in total. The summed E-state index contributed by atoms with van der Waals surface area (Å²) in [5.74, 6) is 0.291. The molecular formula is C22H17ClFN3O3S. The Bertz CT molecular complexity index is 1260. The summed E-state index contributed by atoms with van der Waals surface area (Å²) in [4.78, 5) is 27.3. The molecule has 0 atom stereocenters. The van der Waals surface area contributed by atoms with Gasteiger partial charge < -0.3 is 19.8 Å². The van der Waals surface area contributed by atoms with E-state index < -0.39 is 11.2 Å². The van der Waals surface area contributed by atoms with Crippen molar-refractivity contribution in [3.63, 3.8) is 0 Å². The third kappa shape index (κ3) is 3.55. The van der Waals surface area contributed by atoms with E-state index in [1.165, 1.54) is 18.3 Å². The van der Waals surface area contributed by atoms with Gasteiger partial charge >= 0.3 is 0 Å². The van der Waals surface area contributed by atoms with Crippen molar-refractivity contribution in [2.45, 2.75) is 29.6 Å². The number of aromatic amines is 1. The van der Waals surface area contributed by atoms with Gasteiger partial charge in [0.1, 0.15) is 11.6 Å². The van der Waals surface area contributed by atoms with Crippen molar-refractivity contribution in [2.24, 2.45) is 0 Å². The first-order chi connectivity index (χ1) is 14.9. The second-order valence-electron chi connectivity index (χ2n) is 7.56. The van der Waals surface area contributed by atoms with E-state index in [1.54, 1.807) is 24.3 Å². The number of pyridine rings is 1. The molecule has 2 heterocycles. The van der Waals surface area contributed by atoms with Crippen LogP contribution >= 0.6 is 23.5 Å². The molecule has 31 heavy (non-hydrogen) atoms. The zero-order valence-corrected chi connectivity index (χ0v) is 17.7. The number of anilines is 2. The maximum atomic E-state index is 14.2. The molecule has 2 aromatic carbocycles. The smallest absolute Gasteiger partial charge is 0.251 e. The Morgan fingerprint density at radius 3 is 2.68 bits per heavy atom. The highest BCUT2D eigenvalue weighted by Crippen LogP contribution is 2.55. The minimum Gasteiger partial charge on any atom is -0.455 e. The third-order valence-corrected chi connectivity index (χ3v) is 6.77. The number of amides is 1. The lowest BCUT2D eigenvalue weighted by atomic mass is 9.65. The number of fused-ring (bicyclic) bond motifs is 2. The fourth-order valence-corrected chi connectivity index (χ4v) is 4.73. The summed E-state index contributed by atoms with van der Waals surface area (Å²) in [5.41, 5.74) is 1.26. The van der Waals surface area contributed by atoms with Crippen molar-refractivity contribution in [2.75, 3.05) is 10.0 Å². The van der Waals surface area contributed by atoms with Crippen LogP contribution in [0.3, 0.4) is 0 Å². The quantitative estimate of drug-likeness (QED) is 0.443. The number of carbonyl (C=O) groups is 1. The first-order valence-corrected chi connectivity index (χ1v) is 10.9. The van der Waals surface area contributed by atoms with E-state index in [4.69, 9.17) is 16.3 Å². The number of nitrogens with one attached hydrogen (secondary N) is 3. The van der Waals surface area contributed by atoms with Crippen LogP contribution in [-0.4, -0.2) is 10.9 Å². The molecule has 0 unspecified atom stereocenters. The molecule has 5 rings (SSSR count). The van der Waals surface area contributed by atoms with Gasteiger partial charge in [-0.05, 0) is 60.7 Å². The predicted molar refractivity (Wildman–Crippen MR) is 119 cm³/mol. The fraction of sp³-hybridized carbons (Fsp3) is 0.182. The number of carbonyl (C=O) groups excluding carboxylic acids is 1. The van der Waals surface area contributed by atoms with Crippen LogP contribution in [0.4, 0.5) is 15.8 Å². The van der Waals surface area contributed by atoms with Crippen LogP contribution in [0, 0.1) is 5.82 Å². The molecule has 1 aliphatic heterocycles. The summed E-state index contributed by atoms with van der Waals surface area (Å²) >= 11 is 6.92. The SMILES string of the molecule is O=C1Nc2c(Oc3cc[nH]c(=O)c3)cc(NSc3ccc(Cl)cc3F)cc2C12CCC2. The van der Waals surface area contributed by atoms with Crippen LogP contribution in [0.1, 0.15) is 24.8 Å². The highest BCUT2D eigenvalue weighted by Gasteiger charge is 2.52. The molecule has 1 spiro atoms. The molecule has 1 aliphatic carbocycles. The second-order valence-corrected chi connectivity index (χ2v) is 8.84. The number of hydrogen-bond donors (Lipinski definition) is 3. The van der Waals surface area contributed by atoms with E-state index in [-0.39, 0.29) is 11.5 Å². The molecule has 3 aromatic rings. The van der Waals surface area contributed by atoms with Crippen molar-refractivity contribution < 1.29 is 13.9 Å². The lowest BCUT2D eigenvalue weighted by Crippen LogP contribution is -2.40. The largest absolute Gasteiger partial charge is 0.455 e. The number of aromatic nitrogens is 1. The number of rotatable bonds is 5. The highest BCUT2D eigenvalue weighted by atomic mass is 35.5. The molecule has 3 N–H and O–H groups in total. The van der Waals surface area contributed by atoms with Crippen molar-refractivity contribution >= 4 is 40.8 Å². The maximum Gasteiger partial charge on any atom is 0.251 e. The summed E-state index contributed by atoms with van der Waals surface area (Å²) in [6, 6.07) is 11.0. The van der Waals surface area contributed by atoms with Gasteiger partial charge in [0.2, 0.25) is 5.91 Å². The molecule has 1 fully saturated rings. The Balaban J connectivity index is 1.51. The minimum absolute atomic E-state index is 0.0435. The van der Waals surface area contributed by atoms with Crippen LogP contribution in [0.5, 0.6) is 11.5 Å². The Hall–Kier alpha value is -2.97. The fourth-order valence-electron chi connectivity index (χ4n) is 3.93. The molecule has 0 radical (unpaired) electrons. The number of hydrogen-bond acceptors (Lipinski definition) is 5. The Morgan fingerprint density at radius 2 is 1.97 bits per heavy atom. The van der Waals surface area contributed by atoms with E-state index >= 15 is 0 Å². The first kappa shape index (κ1) is 20.0. The maximum absolute atomic E-state index is 14.2. The molecule has 0 saturated heterocycles. The van der Waals surface area contributed by atoms with Crippen LogP contribution in [0.2, 0.25) is 5.02 Å². The summed E-state index contributed by atoms with van der Waals surface area (Å²) in [6.45, 7) is 0. The minimum atomic E-state index is -0.560. The normalized spacial score (nSPS) is 15.9. The second kappa shape index (κ2) is 7.62. The highest BCUT2D eigenvalue weighted by molar-refractivity contribution is 8.00. The summed E-state index contributed by atoms with van der Waals surface area (Å²) in [5, 5.41) is 3.27. The lowest BCUT2D eigenvalue weighted by molar-refractivity contribution is -0.123. The van der Waals surface area contributed by atoms with Crippen LogP contribution < -0.4 is 20.3 Å². The van der Waals surface area contributed by atoms with E-state index in [2.05, 4.69) is 15.0 Å². The number of ether oxygens (including phenoxy) is 1. The molecular weight excluding hydrogens is 441 g/mol. The molecule has 2 aliphatic rings. The Labute approximate surface area is 186 Å². The van der Waals surface area contributed by atoms with Crippen molar-refractivity contribution in [1.82, 2.24) is 4.98 Å². The summed E-state index contributed by atoms with van der Waals surface area (Å²) in [6.07, 6.45) is 3.99. The van der Waals surface area contributed by atoms with Gasteiger partial charge in [0.15, 0.2) is 5.75 Å². The van der Waals surface area contributed by atoms with Gasteiger partial charge in [0.05, 0.1) is 16.0 Å². The molecule has 1 amide bonds. The number of H-pyrrole nitrogens is 1. The zero-order valence-electron chi connectivity index (χ0n) is 16.1. The first-order valence-electron chi connectivity index (χ1n) is 9.69. The van der Waals surface area contributed by atoms with Crippen LogP contribution in [0.25, 0.3) is 0 Å². The summed E-state index contributed by atoms with van der Waals surface area (Å²) in [7, 11) is 0. The van der Waals surface area contributed by atoms with Gasteiger partial charge in [-0.25, -0.2) is 4.39 Å². The van der Waals surface area contributed by atoms with E-state index in [9.17, 15) is 14.0 Å². The van der Waals surface area contributed by atoms with Crippen LogP contribution in [0.15, 0.2) is 58.4 Å². The van der Waals surface area contributed by atoms with E-state index in [0.29, 0.717) is 32.8 Å². The predicted octanol–water partition coefficient (Wildman–Crippen LogP) is 5.45. The average molecular weight is 458 g/mol. The Kier molecular flexibility index (Phi) is 4.91. The van der Waals surface area contributed by atoms with Crippen LogP contribution in [-0.2, 0) is 10.2 Å². The topological polar surface area (TPSA) is 83.2 Å². The monoisotopic (exact) mass is 457 g/mol. The van der Waals surface area contributed by atoms with Gasteiger partial charge in [0.25, 0.3) is 5.56 Å². The zero-order chi connectivity index (χ0) is 21.6. The molecule has 158 valence electrons. The van der Waals surface area contributed by atoms with Gasteiger partial charge in [0, 0.05) is 29.0 Å². The molecule has 1 aromatic heterocycles. The van der Waals surface area contributed by atoms with E-state index in [0.717, 1.165) is 36.8 Å². The van der Waals surface area contributed by atoms with E-state index in [1.807, 2.05) is 6.07 Å².